The average molecular weight is 376 g/mol. The van der Waals surface area contributed by atoms with E-state index in [0.717, 1.165) is 11.0 Å². The Morgan fingerprint density at radius 2 is 1.77 bits per heavy atom. The second kappa shape index (κ2) is 9.57. The molecule has 0 heterocycles. The van der Waals surface area contributed by atoms with E-state index in [4.69, 9.17) is 4.74 Å². The van der Waals surface area contributed by atoms with Crippen LogP contribution in [-0.2, 0) is 14.3 Å². The van der Waals surface area contributed by atoms with Gasteiger partial charge in [0.1, 0.15) is 12.4 Å². The van der Waals surface area contributed by atoms with E-state index in [2.05, 4.69) is 10.6 Å². The van der Waals surface area contributed by atoms with Gasteiger partial charge >= 0.3 is 5.97 Å². The number of carbonyl (C=O) groups is 3. The molecule has 2 rings (SSSR count). The number of esters is 1. The first-order valence-corrected chi connectivity index (χ1v) is 8.84. The summed E-state index contributed by atoms with van der Waals surface area (Å²) in [6.07, 6.45) is 1.94. The van der Waals surface area contributed by atoms with E-state index in [1.54, 1.807) is 23.9 Å². The molecule has 6 nitrogen and oxygen atoms in total. The van der Waals surface area contributed by atoms with Crippen LogP contribution in [0.2, 0.25) is 0 Å². The molecule has 0 unspecified atom stereocenters. The van der Waals surface area contributed by atoms with Crippen molar-refractivity contribution in [2.24, 2.45) is 0 Å². The average Bonchev–Trinajstić information content (AvgIpc) is 2.65. The summed E-state index contributed by atoms with van der Waals surface area (Å²) in [7, 11) is 0. The van der Waals surface area contributed by atoms with Gasteiger partial charge in [-0.2, -0.15) is 0 Å². The van der Waals surface area contributed by atoms with E-state index in [9.17, 15) is 18.8 Å². The third kappa shape index (κ3) is 5.89. The highest BCUT2D eigenvalue weighted by Crippen LogP contribution is 2.17. The van der Waals surface area contributed by atoms with Crippen molar-refractivity contribution in [2.75, 3.05) is 24.7 Å². The molecular formula is C18H17FN2O4S. The molecule has 0 aliphatic rings. The number of amides is 2. The predicted molar refractivity (Wildman–Crippen MR) is 96.5 cm³/mol. The number of ether oxygens (including phenoxy) is 1. The van der Waals surface area contributed by atoms with Crippen molar-refractivity contribution in [1.29, 1.82) is 0 Å². The maximum absolute atomic E-state index is 13.4. The predicted octanol–water partition coefficient (Wildman–Crippen LogP) is 2.46. The van der Waals surface area contributed by atoms with Crippen molar-refractivity contribution in [3.05, 3.63) is 59.9 Å². The number of rotatable bonds is 7. The number of hydrogen-bond acceptors (Lipinski definition) is 5. The summed E-state index contributed by atoms with van der Waals surface area (Å²) >= 11 is 1.58. The molecule has 0 aliphatic carbocycles. The molecule has 26 heavy (non-hydrogen) atoms. The van der Waals surface area contributed by atoms with Crippen LogP contribution in [0.25, 0.3) is 0 Å². The normalized spacial score (nSPS) is 10.1. The molecule has 2 aromatic rings. The summed E-state index contributed by atoms with van der Waals surface area (Å²) in [6, 6.07) is 12.6. The lowest BCUT2D eigenvalue weighted by Gasteiger charge is -2.08. The fourth-order valence-corrected chi connectivity index (χ4v) is 2.37. The number of carbonyl (C=O) groups excluding carboxylic acids is 3. The molecule has 8 heteroatoms. The molecule has 0 saturated carbocycles. The second-order valence-electron chi connectivity index (χ2n) is 5.10. The van der Waals surface area contributed by atoms with Gasteiger partial charge < -0.3 is 15.4 Å². The highest BCUT2D eigenvalue weighted by molar-refractivity contribution is 7.98. The van der Waals surface area contributed by atoms with Crippen LogP contribution in [0.15, 0.2) is 53.4 Å². The summed E-state index contributed by atoms with van der Waals surface area (Å²) in [5.41, 5.74) is 0.406. The largest absolute Gasteiger partial charge is 0.454 e. The van der Waals surface area contributed by atoms with Crippen molar-refractivity contribution < 1.29 is 23.5 Å². The minimum atomic E-state index is -0.803. The maximum atomic E-state index is 13.4. The number of halogens is 1. The van der Waals surface area contributed by atoms with Crippen molar-refractivity contribution in [1.82, 2.24) is 5.32 Å². The fourth-order valence-electron chi connectivity index (χ4n) is 1.96. The lowest BCUT2D eigenvalue weighted by Crippen LogP contribution is -2.32. The fraction of sp³-hybridized carbons (Fsp3) is 0.167. The van der Waals surface area contributed by atoms with E-state index in [0.29, 0.717) is 5.69 Å². The maximum Gasteiger partial charge on any atom is 0.325 e. The molecule has 0 radical (unpaired) electrons. The lowest BCUT2D eigenvalue weighted by atomic mass is 10.2. The van der Waals surface area contributed by atoms with Crippen LogP contribution in [0, 0.1) is 5.82 Å². The van der Waals surface area contributed by atoms with Crippen LogP contribution in [0.5, 0.6) is 0 Å². The number of nitrogens with one attached hydrogen (secondary N) is 2. The lowest BCUT2D eigenvalue weighted by molar-refractivity contribution is -0.146. The molecule has 0 spiro atoms. The zero-order valence-corrected chi connectivity index (χ0v) is 14.8. The first-order chi connectivity index (χ1) is 12.5. The second-order valence-corrected chi connectivity index (χ2v) is 5.98. The summed E-state index contributed by atoms with van der Waals surface area (Å²) in [5, 5.41) is 4.82. The van der Waals surface area contributed by atoms with Crippen LogP contribution in [0.1, 0.15) is 10.4 Å². The summed E-state index contributed by atoms with van der Waals surface area (Å²) in [5.74, 6) is -2.73. The highest BCUT2D eigenvalue weighted by atomic mass is 32.2. The van der Waals surface area contributed by atoms with Crippen LogP contribution >= 0.6 is 11.8 Å². The van der Waals surface area contributed by atoms with Gasteiger partial charge in [0.05, 0.1) is 5.56 Å². The standard InChI is InChI=1S/C18H17FN2O4S/c1-26-13-8-6-12(7-9-13)21-16(22)11-25-17(23)10-20-18(24)14-4-2-3-5-15(14)19/h2-9H,10-11H2,1H3,(H,20,24)(H,21,22). The van der Waals surface area contributed by atoms with Crippen molar-refractivity contribution >= 4 is 35.2 Å². The van der Waals surface area contributed by atoms with E-state index in [-0.39, 0.29) is 5.56 Å². The number of thioether (sulfide) groups is 1. The number of anilines is 1. The van der Waals surface area contributed by atoms with Gasteiger partial charge in [0, 0.05) is 10.6 Å². The van der Waals surface area contributed by atoms with Crippen molar-refractivity contribution in [3.8, 4) is 0 Å². The zero-order valence-electron chi connectivity index (χ0n) is 14.0. The van der Waals surface area contributed by atoms with Gasteiger partial charge in [-0.05, 0) is 42.7 Å². The SMILES string of the molecule is CSc1ccc(NC(=O)COC(=O)CNC(=O)c2ccccc2F)cc1. The van der Waals surface area contributed by atoms with E-state index in [1.165, 1.54) is 18.2 Å². The number of benzene rings is 2. The Balaban J connectivity index is 1.73. The molecule has 0 saturated heterocycles. The Morgan fingerprint density at radius 1 is 1.08 bits per heavy atom. The van der Waals surface area contributed by atoms with Crippen LogP contribution < -0.4 is 10.6 Å². The van der Waals surface area contributed by atoms with Crippen molar-refractivity contribution in [3.63, 3.8) is 0 Å². The molecular weight excluding hydrogens is 359 g/mol. The minimum Gasteiger partial charge on any atom is -0.454 e. The molecule has 0 aliphatic heterocycles. The summed E-state index contributed by atoms with van der Waals surface area (Å²) < 4.78 is 18.2. The van der Waals surface area contributed by atoms with E-state index in [1.807, 2.05) is 18.4 Å². The third-order valence-electron chi connectivity index (χ3n) is 3.25. The summed E-state index contributed by atoms with van der Waals surface area (Å²) in [4.78, 5) is 36.2. The minimum absolute atomic E-state index is 0.174. The molecule has 0 aromatic heterocycles. The summed E-state index contributed by atoms with van der Waals surface area (Å²) in [6.45, 7) is -0.957. The Morgan fingerprint density at radius 3 is 2.42 bits per heavy atom. The highest BCUT2D eigenvalue weighted by Gasteiger charge is 2.13. The van der Waals surface area contributed by atoms with Gasteiger partial charge in [-0.15, -0.1) is 11.8 Å². The molecule has 0 fully saturated rings. The first kappa shape index (κ1) is 19.5. The van der Waals surface area contributed by atoms with Gasteiger partial charge in [0.25, 0.3) is 11.8 Å². The van der Waals surface area contributed by atoms with Gasteiger partial charge in [0.15, 0.2) is 6.61 Å². The van der Waals surface area contributed by atoms with Gasteiger partial charge in [-0.1, -0.05) is 12.1 Å². The van der Waals surface area contributed by atoms with Gasteiger partial charge in [-0.3, -0.25) is 14.4 Å². The molecule has 2 N–H and O–H groups in total. The van der Waals surface area contributed by atoms with E-state index >= 15 is 0 Å². The van der Waals surface area contributed by atoms with Gasteiger partial charge in [0.2, 0.25) is 0 Å². The van der Waals surface area contributed by atoms with Crippen LogP contribution in [0.3, 0.4) is 0 Å². The van der Waals surface area contributed by atoms with Crippen LogP contribution in [-0.4, -0.2) is 37.2 Å². The van der Waals surface area contributed by atoms with E-state index < -0.39 is 36.8 Å². The Labute approximate surface area is 154 Å². The topological polar surface area (TPSA) is 84.5 Å². The molecule has 2 aromatic carbocycles. The van der Waals surface area contributed by atoms with Crippen LogP contribution in [0.4, 0.5) is 10.1 Å². The zero-order chi connectivity index (χ0) is 18.9. The third-order valence-corrected chi connectivity index (χ3v) is 3.99. The van der Waals surface area contributed by atoms with Gasteiger partial charge in [-0.25, -0.2) is 4.39 Å². The molecule has 0 bridgehead atoms. The first-order valence-electron chi connectivity index (χ1n) is 7.62. The quantitative estimate of drug-likeness (QED) is 0.573. The smallest absolute Gasteiger partial charge is 0.325 e. The molecule has 0 atom stereocenters. The molecule has 2 amide bonds. The Hall–Kier alpha value is -2.87. The monoisotopic (exact) mass is 376 g/mol. The number of hydrogen-bond donors (Lipinski definition) is 2. The Kier molecular flexibility index (Phi) is 7.16. The molecule has 136 valence electrons. The van der Waals surface area contributed by atoms with Crippen molar-refractivity contribution in [2.45, 2.75) is 4.90 Å². The Bertz CT molecular complexity index is 796.